The van der Waals surface area contributed by atoms with Crippen molar-refractivity contribution in [2.75, 3.05) is 19.7 Å². The van der Waals surface area contributed by atoms with Gasteiger partial charge in [0.2, 0.25) is 0 Å². The Bertz CT molecular complexity index is 458. The average Bonchev–Trinajstić information content (AvgIpc) is 2.42. The number of piperidine rings is 1. The second-order valence-electron chi connectivity index (χ2n) is 4.37. The van der Waals surface area contributed by atoms with Crippen LogP contribution >= 0.6 is 0 Å². The molecule has 19 heavy (non-hydrogen) atoms. The Kier molecular flexibility index (Phi) is 4.39. The van der Waals surface area contributed by atoms with Gasteiger partial charge in [-0.05, 0) is 31.2 Å². The molecule has 1 aromatic carbocycles. The molecule has 0 radical (unpaired) electrons. The van der Waals surface area contributed by atoms with E-state index in [2.05, 4.69) is 4.99 Å². The molecular weight excluding hydrogens is 244 g/mol. The molecule has 2 rings (SSSR count). The van der Waals surface area contributed by atoms with E-state index in [4.69, 9.17) is 9.84 Å². The third kappa shape index (κ3) is 3.71. The quantitative estimate of drug-likeness (QED) is 0.911. The van der Waals surface area contributed by atoms with Crippen LogP contribution in [0, 0.1) is 0 Å². The summed E-state index contributed by atoms with van der Waals surface area (Å²) in [5.74, 6) is 0.840. The summed E-state index contributed by atoms with van der Waals surface area (Å²) in [6.45, 7) is 3.67. The second-order valence-corrected chi connectivity index (χ2v) is 4.37. The first-order valence-electron chi connectivity index (χ1n) is 6.46. The van der Waals surface area contributed by atoms with E-state index in [9.17, 15) is 4.79 Å². The SMILES string of the molecule is CCOc1ccc(N=C2CCN(C(=O)O)CC2)cc1. The molecule has 0 bridgehead atoms. The molecule has 1 aliphatic rings. The van der Waals surface area contributed by atoms with E-state index in [0.717, 1.165) is 17.1 Å². The highest BCUT2D eigenvalue weighted by Gasteiger charge is 2.18. The van der Waals surface area contributed by atoms with E-state index in [1.54, 1.807) is 0 Å². The van der Waals surface area contributed by atoms with Crippen molar-refractivity contribution in [3.8, 4) is 5.75 Å². The van der Waals surface area contributed by atoms with E-state index in [1.165, 1.54) is 4.90 Å². The lowest BCUT2D eigenvalue weighted by atomic mass is 10.1. The molecule has 0 aliphatic carbocycles. The molecule has 1 saturated heterocycles. The lowest BCUT2D eigenvalue weighted by Gasteiger charge is -2.24. The van der Waals surface area contributed by atoms with Gasteiger partial charge in [0.1, 0.15) is 5.75 Å². The summed E-state index contributed by atoms with van der Waals surface area (Å²) in [5.41, 5.74) is 1.95. The maximum atomic E-state index is 10.8. The Labute approximate surface area is 112 Å². The van der Waals surface area contributed by atoms with Gasteiger partial charge in [0.05, 0.1) is 12.3 Å². The number of carbonyl (C=O) groups is 1. The number of hydrogen-bond acceptors (Lipinski definition) is 3. The molecule has 0 aromatic heterocycles. The molecular formula is C14H18N2O3. The number of aliphatic imine (C=N–C) groups is 1. The molecule has 0 saturated carbocycles. The minimum Gasteiger partial charge on any atom is -0.494 e. The standard InChI is InChI=1S/C14H18N2O3/c1-2-19-13-5-3-11(4-6-13)15-12-7-9-16(10-8-12)14(17)18/h3-6H,2,7-10H2,1H3,(H,17,18). The van der Waals surface area contributed by atoms with Crippen LogP contribution < -0.4 is 4.74 Å². The predicted octanol–water partition coefficient (Wildman–Crippen LogP) is 2.93. The van der Waals surface area contributed by atoms with Gasteiger partial charge in [0.15, 0.2) is 0 Å². The van der Waals surface area contributed by atoms with E-state index < -0.39 is 6.09 Å². The Morgan fingerprint density at radius 1 is 1.32 bits per heavy atom. The molecule has 0 spiro atoms. The van der Waals surface area contributed by atoms with Crippen molar-refractivity contribution in [3.05, 3.63) is 24.3 Å². The van der Waals surface area contributed by atoms with Crippen LogP contribution in [-0.4, -0.2) is 41.5 Å². The van der Waals surface area contributed by atoms with Gasteiger partial charge in [-0.25, -0.2) is 4.79 Å². The molecule has 1 N–H and O–H groups in total. The summed E-state index contributed by atoms with van der Waals surface area (Å²) in [6, 6.07) is 7.63. The van der Waals surface area contributed by atoms with Crippen LogP contribution in [0.2, 0.25) is 0 Å². The lowest BCUT2D eigenvalue weighted by Crippen LogP contribution is -2.37. The van der Waals surface area contributed by atoms with Crippen molar-refractivity contribution in [1.29, 1.82) is 0 Å². The van der Waals surface area contributed by atoms with Gasteiger partial charge in [0, 0.05) is 31.6 Å². The van der Waals surface area contributed by atoms with E-state index in [1.807, 2.05) is 31.2 Å². The minimum absolute atomic E-state index is 0.533. The normalized spacial score (nSPS) is 15.2. The smallest absolute Gasteiger partial charge is 0.407 e. The molecule has 1 fully saturated rings. The van der Waals surface area contributed by atoms with Crippen molar-refractivity contribution >= 4 is 17.5 Å². The van der Waals surface area contributed by atoms with Crippen molar-refractivity contribution in [3.63, 3.8) is 0 Å². The third-order valence-corrected chi connectivity index (χ3v) is 3.05. The molecule has 102 valence electrons. The molecule has 1 heterocycles. The zero-order chi connectivity index (χ0) is 13.7. The number of hydrogen-bond donors (Lipinski definition) is 1. The van der Waals surface area contributed by atoms with Gasteiger partial charge in [-0.1, -0.05) is 0 Å². The average molecular weight is 262 g/mol. The summed E-state index contributed by atoms with van der Waals surface area (Å²) >= 11 is 0. The molecule has 0 unspecified atom stereocenters. The zero-order valence-electron chi connectivity index (χ0n) is 11.0. The third-order valence-electron chi connectivity index (χ3n) is 3.05. The first-order valence-corrected chi connectivity index (χ1v) is 6.46. The topological polar surface area (TPSA) is 62.1 Å². The molecule has 1 aromatic rings. The highest BCUT2D eigenvalue weighted by Crippen LogP contribution is 2.20. The minimum atomic E-state index is -0.847. The van der Waals surface area contributed by atoms with E-state index in [0.29, 0.717) is 32.5 Å². The summed E-state index contributed by atoms with van der Waals surface area (Å²) in [5, 5.41) is 8.87. The monoisotopic (exact) mass is 262 g/mol. The van der Waals surface area contributed by atoms with Crippen molar-refractivity contribution in [2.24, 2.45) is 4.99 Å². The van der Waals surface area contributed by atoms with Crippen molar-refractivity contribution in [2.45, 2.75) is 19.8 Å². The summed E-state index contributed by atoms with van der Waals surface area (Å²) in [6.07, 6.45) is 0.569. The largest absolute Gasteiger partial charge is 0.494 e. The van der Waals surface area contributed by atoms with Crippen LogP contribution in [0.3, 0.4) is 0 Å². The molecule has 5 heteroatoms. The fourth-order valence-electron chi connectivity index (χ4n) is 2.03. The number of amides is 1. The molecule has 5 nitrogen and oxygen atoms in total. The van der Waals surface area contributed by atoms with Crippen LogP contribution in [0.5, 0.6) is 5.75 Å². The first kappa shape index (κ1) is 13.4. The van der Waals surface area contributed by atoms with Gasteiger partial charge in [0.25, 0.3) is 0 Å². The zero-order valence-corrected chi connectivity index (χ0v) is 11.0. The number of nitrogens with zero attached hydrogens (tertiary/aromatic N) is 2. The van der Waals surface area contributed by atoms with Crippen LogP contribution in [0.4, 0.5) is 10.5 Å². The molecule has 1 aliphatic heterocycles. The maximum absolute atomic E-state index is 10.8. The number of likely N-dealkylation sites (tertiary alicyclic amines) is 1. The number of ether oxygens (including phenoxy) is 1. The first-order chi connectivity index (χ1) is 9.19. The summed E-state index contributed by atoms with van der Waals surface area (Å²) < 4.78 is 5.37. The Morgan fingerprint density at radius 2 is 1.95 bits per heavy atom. The Balaban J connectivity index is 1.96. The van der Waals surface area contributed by atoms with Gasteiger partial charge in [-0.3, -0.25) is 4.99 Å². The fourth-order valence-corrected chi connectivity index (χ4v) is 2.03. The van der Waals surface area contributed by atoms with Gasteiger partial charge in [-0.15, -0.1) is 0 Å². The van der Waals surface area contributed by atoms with Crippen LogP contribution in [0.1, 0.15) is 19.8 Å². The van der Waals surface area contributed by atoms with Gasteiger partial charge in [-0.2, -0.15) is 0 Å². The molecule has 1 amide bonds. The number of benzene rings is 1. The molecule has 0 atom stereocenters. The predicted molar refractivity (Wildman–Crippen MR) is 73.5 cm³/mol. The number of rotatable bonds is 3. The van der Waals surface area contributed by atoms with Crippen LogP contribution in [0.25, 0.3) is 0 Å². The van der Waals surface area contributed by atoms with E-state index >= 15 is 0 Å². The van der Waals surface area contributed by atoms with Gasteiger partial charge >= 0.3 is 6.09 Å². The lowest BCUT2D eigenvalue weighted by molar-refractivity contribution is 0.145. The van der Waals surface area contributed by atoms with E-state index in [-0.39, 0.29) is 0 Å². The fraction of sp³-hybridized carbons (Fsp3) is 0.429. The van der Waals surface area contributed by atoms with Gasteiger partial charge < -0.3 is 14.7 Å². The van der Waals surface area contributed by atoms with Crippen molar-refractivity contribution in [1.82, 2.24) is 4.90 Å². The summed E-state index contributed by atoms with van der Waals surface area (Å²) in [7, 11) is 0. The Hall–Kier alpha value is -2.04. The Morgan fingerprint density at radius 3 is 2.47 bits per heavy atom. The van der Waals surface area contributed by atoms with Crippen LogP contribution in [-0.2, 0) is 0 Å². The number of carboxylic acid groups (broad SMARTS) is 1. The summed E-state index contributed by atoms with van der Waals surface area (Å²) in [4.78, 5) is 16.8. The maximum Gasteiger partial charge on any atom is 0.407 e. The van der Waals surface area contributed by atoms with Crippen LogP contribution in [0.15, 0.2) is 29.3 Å². The van der Waals surface area contributed by atoms with Crippen molar-refractivity contribution < 1.29 is 14.6 Å². The highest BCUT2D eigenvalue weighted by molar-refractivity contribution is 5.88. The second kappa shape index (κ2) is 6.22. The highest BCUT2D eigenvalue weighted by atomic mass is 16.5.